The number of aliphatic hydroxyl groups excluding tert-OH is 10. The summed E-state index contributed by atoms with van der Waals surface area (Å²) in [5, 5.41) is 88.5. The largest absolute Gasteiger partial charge is 0.491 e. The summed E-state index contributed by atoms with van der Waals surface area (Å²) in [5.41, 5.74) is 9.23. The van der Waals surface area contributed by atoms with E-state index in [0.717, 1.165) is 82.4 Å². The first kappa shape index (κ1) is 90.4. The van der Waals surface area contributed by atoms with E-state index in [0.29, 0.717) is 62.2 Å². The van der Waals surface area contributed by atoms with E-state index in [1.807, 2.05) is 140 Å². The number of fused-ring (bicyclic) bond motifs is 4. The zero-order valence-electron chi connectivity index (χ0n) is 64.8. The third kappa shape index (κ3) is 27.7. The Morgan fingerprint density at radius 2 is 0.609 bits per heavy atom. The fourth-order valence-electron chi connectivity index (χ4n) is 14.1. The topological polar surface area (TPSA) is 295 Å². The molecular formula is C90H118O20. The monoisotopic (exact) mass is 1520 g/mol. The summed E-state index contributed by atoms with van der Waals surface area (Å²) in [4.78, 5) is 0. The quantitative estimate of drug-likeness (QED) is 0.0181. The minimum atomic E-state index is -0.500. The lowest BCUT2D eigenvalue weighted by molar-refractivity contribution is -0.0433. The molecule has 0 atom stereocenters. The van der Waals surface area contributed by atoms with E-state index in [2.05, 4.69) is 110 Å². The van der Waals surface area contributed by atoms with Gasteiger partial charge in [-0.25, -0.2) is 0 Å². The molecule has 3 aliphatic carbocycles. The first-order valence-corrected chi connectivity index (χ1v) is 37.8. The maximum Gasteiger partial charge on any atom is 0.186 e. The minimum absolute atomic E-state index is 0.00130. The summed E-state index contributed by atoms with van der Waals surface area (Å²) in [5.74, 6) is 5.79. The van der Waals surface area contributed by atoms with Crippen molar-refractivity contribution in [1.29, 1.82) is 0 Å². The van der Waals surface area contributed by atoms with Crippen LogP contribution >= 0.6 is 0 Å². The van der Waals surface area contributed by atoms with Gasteiger partial charge in [-0.3, -0.25) is 0 Å². The normalized spacial score (nSPS) is 15.8. The summed E-state index contributed by atoms with van der Waals surface area (Å²) < 4.78 is 51.9. The van der Waals surface area contributed by atoms with E-state index in [-0.39, 0.29) is 85.3 Å². The van der Waals surface area contributed by atoms with Gasteiger partial charge in [-0.15, -0.1) is 0 Å². The van der Waals surface area contributed by atoms with Gasteiger partial charge in [0.1, 0.15) is 67.7 Å². The van der Waals surface area contributed by atoms with Gasteiger partial charge < -0.3 is 98.4 Å². The molecule has 0 aromatic heterocycles. The summed E-state index contributed by atoms with van der Waals surface area (Å²) in [6, 6.07) is 72.2. The molecule has 3 aliphatic rings. The zero-order valence-corrected chi connectivity index (χ0v) is 64.8. The maximum absolute atomic E-state index is 9.13. The van der Waals surface area contributed by atoms with Gasteiger partial charge in [-0.1, -0.05) is 173 Å². The summed E-state index contributed by atoms with van der Waals surface area (Å²) in [6.07, 6.45) is 10.3. The van der Waals surface area contributed by atoms with Crippen LogP contribution in [0.25, 0.3) is 21.9 Å². The molecule has 20 nitrogen and oxygen atoms in total. The third-order valence-electron chi connectivity index (χ3n) is 19.8. The van der Waals surface area contributed by atoms with Gasteiger partial charge in [-0.05, 0) is 197 Å². The molecule has 0 heterocycles. The Morgan fingerprint density at radius 1 is 0.309 bits per heavy atom. The van der Waals surface area contributed by atoms with Crippen molar-refractivity contribution in [3.63, 3.8) is 0 Å². The number of aliphatic hydroxyl groups is 10. The molecule has 0 bridgehead atoms. The van der Waals surface area contributed by atoms with Gasteiger partial charge in [0.25, 0.3) is 0 Å². The number of hydrogen-bond acceptors (Lipinski definition) is 20. The number of methoxy groups -OCH3 is 2. The lowest BCUT2D eigenvalue weighted by Crippen LogP contribution is -2.39. The van der Waals surface area contributed by atoms with E-state index in [9.17, 15) is 0 Å². The van der Waals surface area contributed by atoms with Gasteiger partial charge in [0.05, 0.1) is 83.7 Å². The van der Waals surface area contributed by atoms with Crippen molar-refractivity contribution in [3.8, 4) is 45.6 Å². The molecular weight excluding hydrogens is 1400 g/mol. The van der Waals surface area contributed by atoms with Crippen LogP contribution in [0.5, 0.6) is 34.5 Å². The fourth-order valence-corrected chi connectivity index (χ4v) is 14.1. The molecule has 20 heteroatoms. The van der Waals surface area contributed by atoms with Crippen molar-refractivity contribution in [2.75, 3.05) is 127 Å². The Hall–Kier alpha value is -8.52. The molecule has 0 spiro atoms. The van der Waals surface area contributed by atoms with Gasteiger partial charge in [0.2, 0.25) is 0 Å². The van der Waals surface area contributed by atoms with Crippen LogP contribution in [0.4, 0.5) is 0 Å². The van der Waals surface area contributed by atoms with Crippen molar-refractivity contribution in [3.05, 3.63) is 252 Å². The molecule has 2 fully saturated rings. The van der Waals surface area contributed by atoms with E-state index >= 15 is 0 Å². The fraction of sp³-hybridized carbons (Fsp3) is 0.422. The Morgan fingerprint density at radius 3 is 0.927 bits per heavy atom. The van der Waals surface area contributed by atoms with Crippen molar-refractivity contribution in [2.45, 2.75) is 102 Å². The van der Waals surface area contributed by atoms with Crippen LogP contribution in [0.15, 0.2) is 218 Å². The Labute approximate surface area is 649 Å². The predicted octanol–water partition coefficient (Wildman–Crippen LogP) is 13.1. The highest BCUT2D eigenvalue weighted by atomic mass is 16.6. The average Bonchev–Trinajstić information content (AvgIpc) is 1.54. The van der Waals surface area contributed by atoms with Crippen LogP contribution in [0, 0.1) is 17.3 Å². The van der Waals surface area contributed by atoms with E-state index in [1.54, 1.807) is 13.2 Å². The van der Waals surface area contributed by atoms with Crippen LogP contribution in [0.2, 0.25) is 0 Å². The summed E-state index contributed by atoms with van der Waals surface area (Å²) >= 11 is 0. The number of ether oxygens (including phenoxy) is 10. The number of rotatable bonds is 31. The zero-order chi connectivity index (χ0) is 79.3. The molecule has 9 aromatic rings. The highest BCUT2D eigenvalue weighted by Gasteiger charge is 2.46. The molecule has 0 saturated heterocycles. The maximum atomic E-state index is 9.13. The Balaban J connectivity index is 0.000000219. The first-order valence-electron chi connectivity index (χ1n) is 37.8. The summed E-state index contributed by atoms with van der Waals surface area (Å²) in [7, 11) is 2.98. The van der Waals surface area contributed by atoms with Gasteiger partial charge in [-0.2, -0.15) is 0 Å². The lowest BCUT2D eigenvalue weighted by atomic mass is 9.60. The second kappa shape index (κ2) is 50.4. The third-order valence-corrected chi connectivity index (χ3v) is 19.8. The standard InChI is InChI=1S/C28H24O4.C19H36O4.C19H24O4.C13H14O4.C6H6.C3H8O2.C2H6O2/c29-17-18-31-22-13-9-20(10-14-22)28(21-11-15-23(16-12-21)32-19-30)26-7-3-1-5-24(26)25-6-2-4-8-27(25)28;2*1-19(2,15-3-7-17(8-4-15)22-13-11-20)16-5-9-18(10-6-16)23-14-12-21;14-5-6-16-12-3-1-11-8-13(17-9-15)4-2-10(11)7-12;1-2-4-6-5-3-1;1-5-3-2-4;1-4-2-3/h1-16,29-30H,17-19H2;15-18,20-21H,3-14H2,1-2H3;3-10,20-21H,11-14H2,1-2H3;1-4,7-8,14-15H,5-6,9H2;1-6H;4H,2-3H2,1H3;3H,2H2,1H3. The van der Waals surface area contributed by atoms with Crippen molar-refractivity contribution >= 4 is 10.8 Å². The van der Waals surface area contributed by atoms with Crippen LogP contribution in [-0.4, -0.2) is 190 Å². The van der Waals surface area contributed by atoms with Crippen LogP contribution in [-0.2, 0) is 29.8 Å². The molecule has 598 valence electrons. The van der Waals surface area contributed by atoms with Gasteiger partial charge >= 0.3 is 0 Å². The van der Waals surface area contributed by atoms with E-state index in [1.165, 1.54) is 66.2 Å². The second-order valence-electron chi connectivity index (χ2n) is 27.3. The van der Waals surface area contributed by atoms with E-state index < -0.39 is 5.41 Å². The predicted molar refractivity (Wildman–Crippen MR) is 429 cm³/mol. The highest BCUT2D eigenvalue weighted by molar-refractivity contribution is 5.87. The minimum Gasteiger partial charge on any atom is -0.491 e. The smallest absolute Gasteiger partial charge is 0.186 e. The molecule has 2 saturated carbocycles. The van der Waals surface area contributed by atoms with Crippen LogP contribution in [0.1, 0.15) is 112 Å². The molecule has 0 unspecified atom stereocenters. The molecule has 10 N–H and O–H groups in total. The molecule has 110 heavy (non-hydrogen) atoms. The van der Waals surface area contributed by atoms with Crippen LogP contribution < -0.4 is 28.4 Å². The SMILES string of the molecule is CC(C)(C1CCC(OCCO)CC1)C1CCC(OCCO)CC1.CC(C)(c1ccc(OCCO)cc1)c1ccc(OCCO)cc1.COCCO.COCO.OCCOc1ccc(C2(c3ccc(OCO)cc3)c3ccccc3-c3ccccc32)cc1.OCCOc1ccc2cc(OCO)ccc2c1.c1ccccc1. The number of hydrogen-bond donors (Lipinski definition) is 10. The molecule has 12 rings (SSSR count). The van der Waals surface area contributed by atoms with Gasteiger partial charge in [0, 0.05) is 19.6 Å². The lowest BCUT2D eigenvalue weighted by Gasteiger charge is -2.46. The molecule has 9 aromatic carbocycles. The van der Waals surface area contributed by atoms with Crippen molar-refractivity contribution < 1.29 is 98.4 Å². The molecule has 0 radical (unpaired) electrons. The van der Waals surface area contributed by atoms with Crippen molar-refractivity contribution in [1.82, 2.24) is 0 Å². The summed E-state index contributed by atoms with van der Waals surface area (Å²) in [6.45, 7) is 11.4. The Kier molecular flexibility index (Phi) is 41.4. The van der Waals surface area contributed by atoms with Crippen molar-refractivity contribution in [2.24, 2.45) is 17.3 Å². The first-order chi connectivity index (χ1) is 53.6. The second-order valence-corrected chi connectivity index (χ2v) is 27.3. The Bertz CT molecular complexity index is 3700. The van der Waals surface area contributed by atoms with Gasteiger partial charge in [0.15, 0.2) is 13.6 Å². The molecule has 0 amide bonds. The number of benzene rings is 9. The van der Waals surface area contributed by atoms with E-state index in [4.69, 9.17) is 89.0 Å². The molecule has 0 aliphatic heterocycles. The highest BCUT2D eigenvalue weighted by Crippen LogP contribution is 2.56. The average molecular weight is 1520 g/mol. The van der Waals surface area contributed by atoms with Crippen LogP contribution in [0.3, 0.4) is 0 Å².